The normalized spacial score (nSPS) is 11.2. The molecule has 2 heterocycles. The average molecular weight is 163 g/mol. The van der Waals surface area contributed by atoms with Gasteiger partial charge in [0.1, 0.15) is 6.33 Å². The molecule has 2 rings (SSSR count). The van der Waals surface area contributed by atoms with Crippen LogP contribution in [0.5, 0.6) is 0 Å². The Morgan fingerprint density at radius 2 is 2.08 bits per heavy atom. The Morgan fingerprint density at radius 3 is 2.83 bits per heavy atom. The Balaban J connectivity index is 2.73. The van der Waals surface area contributed by atoms with Crippen LogP contribution in [-0.4, -0.2) is 15.0 Å². The Morgan fingerprint density at radius 1 is 1.25 bits per heavy atom. The van der Waals surface area contributed by atoms with Gasteiger partial charge >= 0.3 is 0 Å². The van der Waals surface area contributed by atoms with Crippen molar-refractivity contribution in [2.75, 3.05) is 0 Å². The lowest BCUT2D eigenvalue weighted by molar-refractivity contribution is 0.589. The number of nitrogens with zero attached hydrogens (tertiary/aromatic N) is 3. The Hall–Kier alpha value is -1.45. The molecule has 0 saturated heterocycles. The van der Waals surface area contributed by atoms with E-state index in [2.05, 4.69) is 28.8 Å². The molecule has 0 bridgehead atoms. The molecule has 62 valence electrons. The van der Waals surface area contributed by atoms with Crippen molar-refractivity contribution >= 4 is 11.2 Å². The minimum atomic E-state index is 0.348. The zero-order valence-electron chi connectivity index (χ0n) is 6.98. The lowest BCUT2D eigenvalue weighted by atomic mass is 10.1. The summed E-state index contributed by atoms with van der Waals surface area (Å²) in [6.45, 7) is 4.13. The van der Waals surface area contributed by atoms with Crippen molar-refractivity contribution in [3.05, 3.63) is 18.4 Å². The Kier molecular flexibility index (Phi) is 1.53. The first-order chi connectivity index (χ1) is 5.79. The molecule has 0 fully saturated rings. The smallest absolute Gasteiger partial charge is 0.250 e. The van der Waals surface area contributed by atoms with Crippen LogP contribution >= 0.6 is 0 Å². The summed E-state index contributed by atoms with van der Waals surface area (Å²) < 4.78 is 5.05. The molecule has 0 aliphatic heterocycles. The van der Waals surface area contributed by atoms with Crippen LogP contribution in [0.1, 0.15) is 25.5 Å². The molecule has 4 nitrogen and oxygen atoms in total. The topological polar surface area (TPSA) is 51.8 Å². The van der Waals surface area contributed by atoms with Gasteiger partial charge in [-0.2, -0.15) is 4.98 Å². The molecular formula is C8H9N3O. The second-order valence-electron chi connectivity index (χ2n) is 2.92. The van der Waals surface area contributed by atoms with Crippen LogP contribution < -0.4 is 0 Å². The third-order valence-electron chi connectivity index (χ3n) is 1.71. The van der Waals surface area contributed by atoms with Crippen molar-refractivity contribution in [1.29, 1.82) is 0 Å². The second kappa shape index (κ2) is 2.55. The molecule has 2 aromatic heterocycles. The first kappa shape index (κ1) is 7.21. The highest BCUT2D eigenvalue weighted by Crippen LogP contribution is 2.19. The third-order valence-corrected chi connectivity index (χ3v) is 1.71. The fourth-order valence-electron chi connectivity index (χ4n) is 1.13. The van der Waals surface area contributed by atoms with Crippen molar-refractivity contribution in [1.82, 2.24) is 15.0 Å². The monoisotopic (exact) mass is 163 g/mol. The molecule has 2 aromatic rings. The van der Waals surface area contributed by atoms with Gasteiger partial charge in [0.05, 0.1) is 5.69 Å². The maximum Gasteiger partial charge on any atom is 0.250 e. The van der Waals surface area contributed by atoms with E-state index in [1.54, 1.807) is 0 Å². The summed E-state index contributed by atoms with van der Waals surface area (Å²) >= 11 is 0. The molecule has 0 radical (unpaired) electrons. The fourth-order valence-corrected chi connectivity index (χ4v) is 1.13. The summed E-state index contributed by atoms with van der Waals surface area (Å²) in [7, 11) is 0. The van der Waals surface area contributed by atoms with Crippen molar-refractivity contribution in [2.24, 2.45) is 0 Å². The number of aromatic nitrogens is 3. The lowest BCUT2D eigenvalue weighted by Gasteiger charge is -2.01. The zero-order chi connectivity index (χ0) is 8.55. The predicted molar refractivity (Wildman–Crippen MR) is 43.7 cm³/mol. The van der Waals surface area contributed by atoms with Gasteiger partial charge in [0.2, 0.25) is 5.71 Å². The van der Waals surface area contributed by atoms with Crippen LogP contribution in [0.15, 0.2) is 17.1 Å². The van der Waals surface area contributed by atoms with Gasteiger partial charge in [-0.05, 0) is 5.92 Å². The van der Waals surface area contributed by atoms with E-state index in [9.17, 15) is 0 Å². The van der Waals surface area contributed by atoms with Crippen LogP contribution in [0, 0.1) is 0 Å². The van der Waals surface area contributed by atoms with Gasteiger partial charge in [0, 0.05) is 0 Å². The molecule has 0 amide bonds. The number of fused-ring (bicyclic) bond motifs is 1. The largest absolute Gasteiger partial charge is 0.425 e. The average Bonchev–Trinajstić information content (AvgIpc) is 2.49. The van der Waals surface area contributed by atoms with E-state index in [1.807, 2.05) is 0 Å². The number of hydrogen-bond donors (Lipinski definition) is 0. The first-order valence-corrected chi connectivity index (χ1v) is 3.83. The number of oxazole rings is 1. The summed E-state index contributed by atoms with van der Waals surface area (Å²) in [6, 6.07) is 0. The minimum Gasteiger partial charge on any atom is -0.425 e. The van der Waals surface area contributed by atoms with E-state index in [1.165, 1.54) is 12.7 Å². The molecular weight excluding hydrogens is 154 g/mol. The molecule has 0 atom stereocenters. The Labute approximate surface area is 69.7 Å². The van der Waals surface area contributed by atoms with Gasteiger partial charge in [-0.1, -0.05) is 13.8 Å². The fraction of sp³-hybridized carbons (Fsp3) is 0.375. The highest BCUT2D eigenvalue weighted by atomic mass is 16.3. The quantitative estimate of drug-likeness (QED) is 0.642. The highest BCUT2D eigenvalue weighted by Gasteiger charge is 2.09. The molecule has 0 aromatic carbocycles. The SMILES string of the molecule is CC(C)c1ncnc2ocnc12. The molecule has 0 aliphatic rings. The molecule has 0 aliphatic carbocycles. The number of hydrogen-bond acceptors (Lipinski definition) is 4. The van der Waals surface area contributed by atoms with Crippen molar-refractivity contribution in [3.63, 3.8) is 0 Å². The summed E-state index contributed by atoms with van der Waals surface area (Å²) in [5.41, 5.74) is 2.27. The molecule has 0 unspecified atom stereocenters. The van der Waals surface area contributed by atoms with Crippen LogP contribution in [0.3, 0.4) is 0 Å². The summed E-state index contributed by atoms with van der Waals surface area (Å²) in [5.74, 6) is 0.348. The lowest BCUT2D eigenvalue weighted by Crippen LogP contribution is -1.94. The second-order valence-corrected chi connectivity index (χ2v) is 2.92. The van der Waals surface area contributed by atoms with Gasteiger partial charge in [0.25, 0.3) is 0 Å². The third kappa shape index (κ3) is 0.958. The maximum absolute atomic E-state index is 5.05. The van der Waals surface area contributed by atoms with Crippen LogP contribution in [-0.2, 0) is 0 Å². The van der Waals surface area contributed by atoms with Crippen LogP contribution in [0.2, 0.25) is 0 Å². The van der Waals surface area contributed by atoms with E-state index in [-0.39, 0.29) is 0 Å². The molecule has 0 N–H and O–H groups in total. The molecule has 0 saturated carbocycles. The van der Waals surface area contributed by atoms with E-state index in [0.717, 1.165) is 11.2 Å². The van der Waals surface area contributed by atoms with Crippen LogP contribution in [0.4, 0.5) is 0 Å². The van der Waals surface area contributed by atoms with E-state index in [4.69, 9.17) is 4.42 Å². The summed E-state index contributed by atoms with van der Waals surface area (Å²) in [4.78, 5) is 12.1. The van der Waals surface area contributed by atoms with Crippen LogP contribution in [0.25, 0.3) is 11.2 Å². The van der Waals surface area contributed by atoms with Gasteiger partial charge in [0.15, 0.2) is 11.9 Å². The van der Waals surface area contributed by atoms with Gasteiger partial charge in [-0.15, -0.1) is 0 Å². The molecule has 0 spiro atoms. The molecule has 4 heteroatoms. The van der Waals surface area contributed by atoms with Gasteiger partial charge < -0.3 is 4.42 Å². The minimum absolute atomic E-state index is 0.348. The maximum atomic E-state index is 5.05. The first-order valence-electron chi connectivity index (χ1n) is 3.83. The Bertz CT molecular complexity index is 394. The summed E-state index contributed by atoms with van der Waals surface area (Å²) in [5, 5.41) is 0. The predicted octanol–water partition coefficient (Wildman–Crippen LogP) is 1.74. The van der Waals surface area contributed by atoms with E-state index < -0.39 is 0 Å². The van der Waals surface area contributed by atoms with Crippen molar-refractivity contribution in [3.8, 4) is 0 Å². The zero-order valence-corrected chi connectivity index (χ0v) is 6.98. The van der Waals surface area contributed by atoms with E-state index in [0.29, 0.717) is 11.6 Å². The van der Waals surface area contributed by atoms with Crippen molar-refractivity contribution in [2.45, 2.75) is 19.8 Å². The van der Waals surface area contributed by atoms with E-state index >= 15 is 0 Å². The van der Waals surface area contributed by atoms with Crippen molar-refractivity contribution < 1.29 is 4.42 Å². The summed E-state index contributed by atoms with van der Waals surface area (Å²) in [6.07, 6.45) is 2.90. The standard InChI is InChI=1S/C8H9N3O/c1-5(2)6-7-8(10-3-9-6)12-4-11-7/h3-5H,1-2H3. The molecule has 12 heavy (non-hydrogen) atoms. The number of rotatable bonds is 1. The van der Waals surface area contributed by atoms with Gasteiger partial charge in [-0.3, -0.25) is 0 Å². The van der Waals surface area contributed by atoms with Gasteiger partial charge in [-0.25, -0.2) is 9.97 Å². The highest BCUT2D eigenvalue weighted by molar-refractivity contribution is 5.70.